The molecule has 0 aromatic heterocycles. The zero-order chi connectivity index (χ0) is 30.1. The van der Waals surface area contributed by atoms with Crippen LogP contribution in [0.3, 0.4) is 0 Å². The molecule has 0 fully saturated rings. The summed E-state index contributed by atoms with van der Waals surface area (Å²) >= 11 is 1.38. The molecule has 42 heavy (non-hydrogen) atoms. The summed E-state index contributed by atoms with van der Waals surface area (Å²) in [5.41, 5.74) is 4.64. The monoisotopic (exact) mass is 579 g/mol. The van der Waals surface area contributed by atoms with Crippen molar-refractivity contribution in [3.05, 3.63) is 125 Å². The number of methoxy groups -OCH3 is 1. The Labute approximate surface area is 250 Å². The lowest BCUT2D eigenvalue weighted by Crippen LogP contribution is -2.30. The summed E-state index contributed by atoms with van der Waals surface area (Å²) in [6.07, 6.45) is 1.58. The number of amides is 3. The van der Waals surface area contributed by atoms with Crippen molar-refractivity contribution in [3.8, 4) is 5.75 Å². The molecule has 0 aliphatic heterocycles. The normalized spacial score (nSPS) is 11.8. The van der Waals surface area contributed by atoms with Crippen LogP contribution >= 0.6 is 11.8 Å². The molecule has 3 amide bonds. The van der Waals surface area contributed by atoms with Crippen LogP contribution in [0.1, 0.15) is 34.0 Å². The molecule has 0 saturated heterocycles. The number of rotatable bonds is 10. The van der Waals surface area contributed by atoms with Crippen LogP contribution < -0.4 is 20.7 Å². The van der Waals surface area contributed by atoms with Crippen molar-refractivity contribution >= 4 is 46.9 Å². The third-order valence-electron chi connectivity index (χ3n) is 6.52. The molecule has 0 bridgehead atoms. The van der Waals surface area contributed by atoms with Crippen LogP contribution in [0, 0.1) is 13.8 Å². The Morgan fingerprint density at radius 3 is 2.24 bits per heavy atom. The highest BCUT2D eigenvalue weighted by Crippen LogP contribution is 2.27. The molecule has 0 aliphatic carbocycles. The van der Waals surface area contributed by atoms with E-state index in [0.29, 0.717) is 22.6 Å². The second-order valence-corrected chi connectivity index (χ2v) is 11.1. The first-order chi connectivity index (χ1) is 20.2. The molecule has 4 rings (SSSR count). The minimum atomic E-state index is -0.507. The van der Waals surface area contributed by atoms with Gasteiger partial charge in [0.15, 0.2) is 0 Å². The van der Waals surface area contributed by atoms with Gasteiger partial charge in [-0.05, 0) is 86.5 Å². The van der Waals surface area contributed by atoms with Crippen molar-refractivity contribution in [2.24, 2.45) is 0 Å². The summed E-state index contributed by atoms with van der Waals surface area (Å²) in [4.78, 5) is 40.1. The Kier molecular flexibility index (Phi) is 10.2. The number of ether oxygens (including phenoxy) is 1. The molecule has 8 heteroatoms. The average molecular weight is 580 g/mol. The molecular weight excluding hydrogens is 546 g/mol. The lowest BCUT2D eigenvalue weighted by molar-refractivity contribution is -0.115. The van der Waals surface area contributed by atoms with E-state index in [1.54, 1.807) is 67.8 Å². The third-order valence-corrected chi connectivity index (χ3v) is 7.61. The molecule has 1 unspecified atom stereocenters. The molecule has 0 heterocycles. The Hall–Kier alpha value is -4.82. The number of nitrogens with one attached hydrogen (secondary N) is 3. The standard InChI is InChI=1S/C34H33N3O4S/c1-22-17-18-28(19-23(22)2)35-32(38)24(3)42-29-15-10-14-27(21-29)36-34(40)30(20-26-13-8-9-16-31(26)41-4)37-33(39)25-11-6-5-7-12-25/h5-21,24H,1-4H3,(H,35,38)(H,36,40)(H,37,39)/b30-20+. The molecule has 0 spiro atoms. The maximum Gasteiger partial charge on any atom is 0.272 e. The van der Waals surface area contributed by atoms with Gasteiger partial charge in [0.05, 0.1) is 12.4 Å². The highest BCUT2D eigenvalue weighted by molar-refractivity contribution is 8.00. The number of hydrogen-bond donors (Lipinski definition) is 3. The highest BCUT2D eigenvalue weighted by Gasteiger charge is 2.18. The van der Waals surface area contributed by atoms with E-state index in [2.05, 4.69) is 16.0 Å². The first-order valence-electron chi connectivity index (χ1n) is 13.4. The number of thioether (sulfide) groups is 1. The predicted octanol–water partition coefficient (Wildman–Crippen LogP) is 6.84. The van der Waals surface area contributed by atoms with Gasteiger partial charge >= 0.3 is 0 Å². The molecular formula is C34H33N3O4S. The summed E-state index contributed by atoms with van der Waals surface area (Å²) in [5.74, 6) is -0.487. The van der Waals surface area contributed by atoms with Crippen LogP contribution in [-0.4, -0.2) is 30.1 Å². The summed E-state index contributed by atoms with van der Waals surface area (Å²) < 4.78 is 5.43. The lowest BCUT2D eigenvalue weighted by Gasteiger charge is -2.15. The number of aryl methyl sites for hydroxylation is 2. The van der Waals surface area contributed by atoms with Crippen molar-refractivity contribution in [2.45, 2.75) is 30.9 Å². The number of para-hydroxylation sites is 1. The SMILES string of the molecule is COc1ccccc1/C=C(/NC(=O)c1ccccc1)C(=O)Nc1cccc(SC(C)C(=O)Nc2ccc(C)c(C)c2)c1. The molecule has 7 nitrogen and oxygen atoms in total. The first kappa shape index (κ1) is 30.1. The fourth-order valence-corrected chi connectivity index (χ4v) is 4.98. The molecule has 4 aromatic carbocycles. The topological polar surface area (TPSA) is 96.5 Å². The van der Waals surface area contributed by atoms with Crippen molar-refractivity contribution < 1.29 is 19.1 Å². The second-order valence-electron chi connectivity index (χ2n) is 9.65. The van der Waals surface area contributed by atoms with Gasteiger partial charge in [-0.3, -0.25) is 14.4 Å². The number of benzene rings is 4. The molecule has 214 valence electrons. The van der Waals surface area contributed by atoms with Crippen LogP contribution in [0.25, 0.3) is 6.08 Å². The smallest absolute Gasteiger partial charge is 0.272 e. The zero-order valence-electron chi connectivity index (χ0n) is 23.9. The molecule has 0 radical (unpaired) electrons. The average Bonchev–Trinajstić information content (AvgIpc) is 2.99. The van der Waals surface area contributed by atoms with E-state index in [0.717, 1.165) is 21.7 Å². The summed E-state index contributed by atoms with van der Waals surface area (Å²) in [5, 5.41) is 8.20. The predicted molar refractivity (Wildman–Crippen MR) is 170 cm³/mol. The van der Waals surface area contributed by atoms with E-state index in [-0.39, 0.29) is 16.9 Å². The van der Waals surface area contributed by atoms with E-state index < -0.39 is 11.8 Å². The second kappa shape index (κ2) is 14.2. The van der Waals surface area contributed by atoms with Crippen LogP contribution in [0.4, 0.5) is 11.4 Å². The van der Waals surface area contributed by atoms with Crippen LogP contribution in [0.15, 0.2) is 108 Å². The van der Waals surface area contributed by atoms with Crippen molar-refractivity contribution in [3.63, 3.8) is 0 Å². The van der Waals surface area contributed by atoms with Crippen LogP contribution in [-0.2, 0) is 9.59 Å². The summed E-state index contributed by atoms with van der Waals surface area (Å²) in [6.45, 7) is 5.87. The van der Waals surface area contributed by atoms with Crippen molar-refractivity contribution in [1.82, 2.24) is 5.32 Å². The zero-order valence-corrected chi connectivity index (χ0v) is 24.8. The fraction of sp³-hybridized carbons (Fsp3) is 0.147. The van der Waals surface area contributed by atoms with Crippen molar-refractivity contribution in [2.75, 3.05) is 17.7 Å². The number of carbonyl (C=O) groups excluding carboxylic acids is 3. The van der Waals surface area contributed by atoms with Crippen LogP contribution in [0.2, 0.25) is 0 Å². The van der Waals surface area contributed by atoms with E-state index in [1.807, 2.05) is 63.2 Å². The van der Waals surface area contributed by atoms with Gasteiger partial charge in [0.25, 0.3) is 11.8 Å². The van der Waals surface area contributed by atoms with Gasteiger partial charge in [-0.15, -0.1) is 11.8 Å². The van der Waals surface area contributed by atoms with Gasteiger partial charge in [-0.25, -0.2) is 0 Å². The first-order valence-corrected chi connectivity index (χ1v) is 14.3. The Morgan fingerprint density at radius 2 is 1.50 bits per heavy atom. The maximum atomic E-state index is 13.5. The molecule has 0 aliphatic rings. The Bertz CT molecular complexity index is 1620. The minimum Gasteiger partial charge on any atom is -0.496 e. The van der Waals surface area contributed by atoms with Gasteiger partial charge in [0, 0.05) is 27.4 Å². The van der Waals surface area contributed by atoms with Gasteiger partial charge < -0.3 is 20.7 Å². The van der Waals surface area contributed by atoms with Gasteiger partial charge in [0.2, 0.25) is 5.91 Å². The summed E-state index contributed by atoms with van der Waals surface area (Å²) in [7, 11) is 1.54. The van der Waals surface area contributed by atoms with Crippen LogP contribution in [0.5, 0.6) is 5.75 Å². The van der Waals surface area contributed by atoms with E-state index in [9.17, 15) is 14.4 Å². The number of anilines is 2. The Morgan fingerprint density at radius 1 is 0.786 bits per heavy atom. The van der Waals surface area contributed by atoms with E-state index in [4.69, 9.17) is 4.74 Å². The van der Waals surface area contributed by atoms with Gasteiger partial charge in [0.1, 0.15) is 11.4 Å². The lowest BCUT2D eigenvalue weighted by atomic mass is 10.1. The Balaban J connectivity index is 1.50. The van der Waals surface area contributed by atoms with E-state index >= 15 is 0 Å². The molecule has 0 saturated carbocycles. The molecule has 4 aromatic rings. The molecule has 1 atom stereocenters. The fourth-order valence-electron chi connectivity index (χ4n) is 4.05. The van der Waals surface area contributed by atoms with Gasteiger partial charge in [-0.2, -0.15) is 0 Å². The van der Waals surface area contributed by atoms with Crippen molar-refractivity contribution in [1.29, 1.82) is 0 Å². The number of carbonyl (C=O) groups is 3. The minimum absolute atomic E-state index is 0.0487. The highest BCUT2D eigenvalue weighted by atomic mass is 32.2. The third kappa shape index (κ3) is 8.11. The quantitative estimate of drug-likeness (QED) is 0.141. The molecule has 3 N–H and O–H groups in total. The summed E-state index contributed by atoms with van der Waals surface area (Å²) in [6, 6.07) is 28.9. The van der Waals surface area contributed by atoms with E-state index in [1.165, 1.54) is 11.8 Å². The number of hydrogen-bond acceptors (Lipinski definition) is 5. The van der Waals surface area contributed by atoms with Gasteiger partial charge in [-0.1, -0.05) is 48.5 Å². The maximum absolute atomic E-state index is 13.5. The largest absolute Gasteiger partial charge is 0.496 e.